The van der Waals surface area contributed by atoms with Crippen molar-refractivity contribution in [3.05, 3.63) is 24.2 Å². The van der Waals surface area contributed by atoms with Gasteiger partial charge in [0.2, 0.25) is 0 Å². The number of morpholine rings is 1. The van der Waals surface area contributed by atoms with Crippen molar-refractivity contribution in [3.63, 3.8) is 0 Å². The summed E-state index contributed by atoms with van der Waals surface area (Å²) in [6.45, 7) is 4.20. The first-order chi connectivity index (χ1) is 8.33. The van der Waals surface area contributed by atoms with E-state index in [1.165, 1.54) is 0 Å². The fourth-order valence-electron chi connectivity index (χ4n) is 2.00. The zero-order valence-electron chi connectivity index (χ0n) is 9.54. The number of hydrogen-bond donors (Lipinski definition) is 1. The number of pyridine rings is 1. The van der Waals surface area contributed by atoms with E-state index in [0.29, 0.717) is 5.69 Å². The van der Waals surface area contributed by atoms with Crippen LogP contribution in [0.4, 0.5) is 5.69 Å². The molecule has 1 aliphatic rings. The molecule has 3 heterocycles. The fraction of sp³-hybridized carbons (Fsp3) is 0.455. The molecule has 2 aromatic rings. The lowest BCUT2D eigenvalue weighted by atomic mass is 10.4. The summed E-state index contributed by atoms with van der Waals surface area (Å²) in [7, 11) is 0. The number of aromatic nitrogens is 3. The van der Waals surface area contributed by atoms with E-state index in [1.54, 1.807) is 4.52 Å². The number of nitrogen functional groups attached to an aromatic ring is 1. The van der Waals surface area contributed by atoms with E-state index in [1.807, 2.05) is 18.3 Å². The Labute approximate surface area is 99.0 Å². The maximum absolute atomic E-state index is 5.85. The van der Waals surface area contributed by atoms with Crippen molar-refractivity contribution in [2.24, 2.45) is 0 Å². The topological polar surface area (TPSA) is 68.7 Å². The van der Waals surface area contributed by atoms with Crippen LogP contribution in [-0.2, 0) is 11.3 Å². The Morgan fingerprint density at radius 2 is 2.18 bits per heavy atom. The van der Waals surface area contributed by atoms with E-state index < -0.39 is 0 Å². The summed E-state index contributed by atoms with van der Waals surface area (Å²) in [4.78, 5) is 6.74. The van der Waals surface area contributed by atoms with Gasteiger partial charge in [0.15, 0.2) is 11.5 Å². The monoisotopic (exact) mass is 233 g/mol. The summed E-state index contributed by atoms with van der Waals surface area (Å²) >= 11 is 0. The van der Waals surface area contributed by atoms with E-state index in [4.69, 9.17) is 10.5 Å². The minimum Gasteiger partial charge on any atom is -0.396 e. The van der Waals surface area contributed by atoms with Crippen LogP contribution in [0.15, 0.2) is 18.3 Å². The van der Waals surface area contributed by atoms with Gasteiger partial charge in [-0.1, -0.05) is 0 Å². The minimum atomic E-state index is 0.660. The van der Waals surface area contributed by atoms with Crippen molar-refractivity contribution >= 4 is 11.3 Å². The molecule has 0 spiro atoms. The summed E-state index contributed by atoms with van der Waals surface area (Å²) in [5.41, 5.74) is 7.24. The highest BCUT2D eigenvalue weighted by Crippen LogP contribution is 2.11. The van der Waals surface area contributed by atoms with Crippen molar-refractivity contribution in [2.45, 2.75) is 6.54 Å². The number of nitrogens with zero attached hydrogens (tertiary/aromatic N) is 4. The maximum atomic E-state index is 5.85. The van der Waals surface area contributed by atoms with Gasteiger partial charge in [-0.3, -0.25) is 4.90 Å². The second-order valence-corrected chi connectivity index (χ2v) is 4.15. The molecular weight excluding hydrogens is 218 g/mol. The third-order valence-electron chi connectivity index (χ3n) is 2.91. The van der Waals surface area contributed by atoms with Crippen LogP contribution >= 0.6 is 0 Å². The number of rotatable bonds is 2. The van der Waals surface area contributed by atoms with Crippen molar-refractivity contribution in [2.75, 3.05) is 32.0 Å². The van der Waals surface area contributed by atoms with Gasteiger partial charge in [-0.25, -0.2) is 9.50 Å². The van der Waals surface area contributed by atoms with Crippen LogP contribution < -0.4 is 5.73 Å². The highest BCUT2D eigenvalue weighted by atomic mass is 16.5. The molecule has 2 N–H and O–H groups in total. The van der Waals surface area contributed by atoms with Crippen LogP contribution in [0.25, 0.3) is 5.65 Å². The fourth-order valence-corrected chi connectivity index (χ4v) is 2.00. The summed E-state index contributed by atoms with van der Waals surface area (Å²) in [6.07, 6.45) is 1.86. The molecule has 2 aromatic heterocycles. The van der Waals surface area contributed by atoms with Crippen LogP contribution in [0, 0.1) is 0 Å². The highest BCUT2D eigenvalue weighted by molar-refractivity contribution is 5.63. The second-order valence-electron chi connectivity index (χ2n) is 4.15. The van der Waals surface area contributed by atoms with Crippen LogP contribution in [-0.4, -0.2) is 45.8 Å². The number of ether oxygens (including phenoxy) is 1. The molecule has 0 bridgehead atoms. The Hall–Kier alpha value is -1.66. The van der Waals surface area contributed by atoms with Crippen LogP contribution in [0.5, 0.6) is 0 Å². The van der Waals surface area contributed by atoms with Gasteiger partial charge in [-0.15, -0.1) is 5.10 Å². The van der Waals surface area contributed by atoms with Gasteiger partial charge in [0.1, 0.15) is 0 Å². The normalized spacial score (nSPS) is 17.6. The zero-order valence-corrected chi connectivity index (χ0v) is 9.54. The first-order valence-electron chi connectivity index (χ1n) is 5.73. The summed E-state index contributed by atoms with van der Waals surface area (Å²) < 4.78 is 7.04. The molecule has 0 atom stereocenters. The Balaban J connectivity index is 1.83. The SMILES string of the molecule is Nc1cccn2nc(CN3CCOCC3)nc12. The molecule has 6 heteroatoms. The first-order valence-corrected chi connectivity index (χ1v) is 5.73. The van der Waals surface area contributed by atoms with Gasteiger partial charge in [-0.2, -0.15) is 0 Å². The largest absolute Gasteiger partial charge is 0.396 e. The molecule has 0 aromatic carbocycles. The maximum Gasteiger partial charge on any atom is 0.178 e. The van der Waals surface area contributed by atoms with Crippen molar-refractivity contribution in [1.82, 2.24) is 19.5 Å². The summed E-state index contributed by atoms with van der Waals surface area (Å²) in [6, 6.07) is 3.71. The number of nitrogens with two attached hydrogens (primary N) is 1. The molecule has 3 rings (SSSR count). The van der Waals surface area contributed by atoms with Crippen molar-refractivity contribution in [1.29, 1.82) is 0 Å². The zero-order chi connectivity index (χ0) is 11.7. The van der Waals surface area contributed by atoms with Crippen molar-refractivity contribution < 1.29 is 4.74 Å². The van der Waals surface area contributed by atoms with Crippen LogP contribution in [0.2, 0.25) is 0 Å². The van der Waals surface area contributed by atoms with E-state index in [2.05, 4.69) is 15.0 Å². The highest BCUT2D eigenvalue weighted by Gasteiger charge is 2.14. The van der Waals surface area contributed by atoms with E-state index in [0.717, 1.165) is 44.3 Å². The number of hydrogen-bond acceptors (Lipinski definition) is 5. The van der Waals surface area contributed by atoms with E-state index in [-0.39, 0.29) is 0 Å². The first kappa shape index (κ1) is 10.5. The molecule has 1 aliphatic heterocycles. The van der Waals surface area contributed by atoms with Gasteiger partial charge >= 0.3 is 0 Å². The Kier molecular flexibility index (Phi) is 2.66. The minimum absolute atomic E-state index is 0.660. The average molecular weight is 233 g/mol. The predicted octanol–water partition coefficient (Wildman–Crippen LogP) is 0.144. The lowest BCUT2D eigenvalue weighted by Crippen LogP contribution is -2.35. The molecule has 0 radical (unpaired) electrons. The van der Waals surface area contributed by atoms with Gasteiger partial charge in [0.25, 0.3) is 0 Å². The molecule has 0 amide bonds. The molecule has 0 saturated carbocycles. The average Bonchev–Trinajstić information content (AvgIpc) is 2.74. The third kappa shape index (κ3) is 2.09. The smallest absolute Gasteiger partial charge is 0.178 e. The Morgan fingerprint density at radius 3 is 2.94 bits per heavy atom. The van der Waals surface area contributed by atoms with Crippen molar-refractivity contribution in [3.8, 4) is 0 Å². The van der Waals surface area contributed by atoms with Crippen LogP contribution in [0.1, 0.15) is 5.82 Å². The quantitative estimate of drug-likeness (QED) is 0.799. The second kappa shape index (κ2) is 4.31. The van der Waals surface area contributed by atoms with E-state index >= 15 is 0 Å². The third-order valence-corrected chi connectivity index (χ3v) is 2.91. The molecule has 1 saturated heterocycles. The molecular formula is C11H15N5O. The Bertz CT molecular complexity index is 518. The molecule has 0 unspecified atom stereocenters. The van der Waals surface area contributed by atoms with Crippen LogP contribution in [0.3, 0.4) is 0 Å². The van der Waals surface area contributed by atoms with Gasteiger partial charge in [0, 0.05) is 19.3 Å². The number of fused-ring (bicyclic) bond motifs is 1. The van der Waals surface area contributed by atoms with E-state index in [9.17, 15) is 0 Å². The molecule has 0 aliphatic carbocycles. The van der Waals surface area contributed by atoms with Gasteiger partial charge in [0.05, 0.1) is 25.4 Å². The molecule has 90 valence electrons. The Morgan fingerprint density at radius 1 is 1.35 bits per heavy atom. The number of anilines is 1. The summed E-state index contributed by atoms with van der Waals surface area (Å²) in [5.74, 6) is 0.810. The lowest BCUT2D eigenvalue weighted by Gasteiger charge is -2.25. The van der Waals surface area contributed by atoms with Gasteiger partial charge < -0.3 is 10.5 Å². The lowest BCUT2D eigenvalue weighted by molar-refractivity contribution is 0.0331. The predicted molar refractivity (Wildman–Crippen MR) is 63.5 cm³/mol. The summed E-state index contributed by atoms with van der Waals surface area (Å²) in [5, 5.41) is 4.41. The molecule has 1 fully saturated rings. The molecule has 17 heavy (non-hydrogen) atoms. The standard InChI is InChI=1S/C11H15N5O/c12-9-2-1-3-16-11(9)13-10(14-16)8-15-4-6-17-7-5-15/h1-3H,4-8,12H2. The van der Waals surface area contributed by atoms with Gasteiger partial charge in [-0.05, 0) is 12.1 Å². The molecule has 6 nitrogen and oxygen atoms in total.